The van der Waals surface area contributed by atoms with Gasteiger partial charge in [-0.2, -0.15) is 0 Å². The van der Waals surface area contributed by atoms with Gasteiger partial charge >= 0.3 is 5.97 Å². The Hall–Kier alpha value is -2.34. The SMILES string of the molecule is Cc1ccc(C)c2c(C)c(C(=O)N3CCC([C@@H]4OCCC4C(=O)O)CC3)oc12. The zero-order valence-corrected chi connectivity index (χ0v) is 16.7. The van der Waals surface area contributed by atoms with Crippen LogP contribution in [0.15, 0.2) is 16.5 Å². The summed E-state index contributed by atoms with van der Waals surface area (Å²) in [5.74, 6) is -0.658. The molecular weight excluding hydrogens is 358 g/mol. The second-order valence-electron chi connectivity index (χ2n) is 8.16. The number of aryl methyl sites for hydroxylation is 3. The topological polar surface area (TPSA) is 80.0 Å². The number of carbonyl (C=O) groups excluding carboxylic acids is 1. The number of benzene rings is 1. The first kappa shape index (κ1) is 19.0. The van der Waals surface area contributed by atoms with E-state index in [1.165, 1.54) is 0 Å². The molecule has 0 bridgehead atoms. The van der Waals surface area contributed by atoms with E-state index in [2.05, 4.69) is 6.07 Å². The van der Waals surface area contributed by atoms with E-state index in [0.717, 1.165) is 40.5 Å². The molecule has 1 aromatic carbocycles. The number of carboxylic acids is 1. The van der Waals surface area contributed by atoms with E-state index in [0.29, 0.717) is 31.9 Å². The number of furan rings is 1. The van der Waals surface area contributed by atoms with Crippen LogP contribution in [0.25, 0.3) is 11.0 Å². The van der Waals surface area contributed by atoms with Gasteiger partial charge in [0.2, 0.25) is 0 Å². The molecule has 1 amide bonds. The number of carboxylic acid groups (broad SMARTS) is 1. The van der Waals surface area contributed by atoms with Gasteiger partial charge in [-0.25, -0.2) is 0 Å². The number of hydrogen-bond acceptors (Lipinski definition) is 4. The van der Waals surface area contributed by atoms with E-state index in [-0.39, 0.29) is 17.9 Å². The molecule has 4 rings (SSSR count). The number of aliphatic carboxylic acids is 1. The van der Waals surface area contributed by atoms with E-state index in [4.69, 9.17) is 9.15 Å². The molecule has 2 atom stereocenters. The third-order valence-electron chi connectivity index (χ3n) is 6.42. The first-order valence-corrected chi connectivity index (χ1v) is 10.0. The number of amides is 1. The van der Waals surface area contributed by atoms with Crippen molar-refractivity contribution in [1.29, 1.82) is 0 Å². The Bertz CT molecular complexity index is 923. The van der Waals surface area contributed by atoms with E-state index < -0.39 is 11.9 Å². The van der Waals surface area contributed by atoms with Crippen molar-refractivity contribution >= 4 is 22.8 Å². The van der Waals surface area contributed by atoms with Crippen LogP contribution in [0.1, 0.15) is 46.5 Å². The zero-order chi connectivity index (χ0) is 20.0. The highest BCUT2D eigenvalue weighted by Gasteiger charge is 2.41. The molecule has 150 valence electrons. The van der Waals surface area contributed by atoms with Crippen LogP contribution >= 0.6 is 0 Å². The molecule has 1 N–H and O–H groups in total. The highest BCUT2D eigenvalue weighted by molar-refractivity contribution is 6.00. The van der Waals surface area contributed by atoms with Crippen molar-refractivity contribution in [3.05, 3.63) is 34.6 Å². The van der Waals surface area contributed by atoms with Gasteiger partial charge in [-0.1, -0.05) is 12.1 Å². The summed E-state index contributed by atoms with van der Waals surface area (Å²) in [4.78, 5) is 26.4. The fourth-order valence-corrected chi connectivity index (χ4v) is 4.79. The molecule has 1 unspecified atom stereocenters. The van der Waals surface area contributed by atoms with Gasteiger partial charge in [0.25, 0.3) is 5.91 Å². The van der Waals surface area contributed by atoms with Gasteiger partial charge in [0.1, 0.15) is 5.58 Å². The van der Waals surface area contributed by atoms with Crippen molar-refractivity contribution in [2.75, 3.05) is 19.7 Å². The Labute approximate surface area is 164 Å². The van der Waals surface area contributed by atoms with Crippen LogP contribution in [0, 0.1) is 32.6 Å². The van der Waals surface area contributed by atoms with Gasteiger partial charge in [-0.05, 0) is 57.1 Å². The van der Waals surface area contributed by atoms with Crippen molar-refractivity contribution in [2.24, 2.45) is 11.8 Å². The van der Waals surface area contributed by atoms with Gasteiger partial charge in [0.15, 0.2) is 5.76 Å². The van der Waals surface area contributed by atoms with E-state index in [9.17, 15) is 14.7 Å². The molecule has 1 aromatic heterocycles. The number of hydrogen-bond donors (Lipinski definition) is 1. The molecule has 0 spiro atoms. The molecule has 2 aliphatic heterocycles. The summed E-state index contributed by atoms with van der Waals surface area (Å²) in [6.07, 6.45) is 1.87. The third kappa shape index (κ3) is 3.09. The minimum Gasteiger partial charge on any atom is -0.481 e. The molecule has 2 aliphatic rings. The van der Waals surface area contributed by atoms with E-state index >= 15 is 0 Å². The highest BCUT2D eigenvalue weighted by Crippen LogP contribution is 2.35. The summed E-state index contributed by atoms with van der Waals surface area (Å²) in [7, 11) is 0. The number of rotatable bonds is 3. The average molecular weight is 385 g/mol. The lowest BCUT2D eigenvalue weighted by atomic mass is 9.84. The van der Waals surface area contributed by atoms with Crippen LogP contribution in [-0.2, 0) is 9.53 Å². The van der Waals surface area contributed by atoms with Crippen molar-refractivity contribution in [3.8, 4) is 0 Å². The second-order valence-corrected chi connectivity index (χ2v) is 8.16. The van der Waals surface area contributed by atoms with Crippen LogP contribution in [0.3, 0.4) is 0 Å². The van der Waals surface area contributed by atoms with Crippen LogP contribution in [-0.4, -0.2) is 47.7 Å². The first-order valence-electron chi connectivity index (χ1n) is 10.0. The van der Waals surface area contributed by atoms with Crippen molar-refractivity contribution < 1.29 is 23.8 Å². The summed E-state index contributed by atoms with van der Waals surface area (Å²) in [6, 6.07) is 4.07. The summed E-state index contributed by atoms with van der Waals surface area (Å²) in [5, 5.41) is 10.4. The number of likely N-dealkylation sites (tertiary alicyclic amines) is 1. The Kier molecular flexibility index (Phi) is 4.91. The van der Waals surface area contributed by atoms with E-state index in [1.54, 1.807) is 0 Å². The zero-order valence-electron chi connectivity index (χ0n) is 16.7. The largest absolute Gasteiger partial charge is 0.481 e. The fourth-order valence-electron chi connectivity index (χ4n) is 4.79. The molecule has 2 fully saturated rings. The quantitative estimate of drug-likeness (QED) is 0.871. The van der Waals surface area contributed by atoms with Gasteiger partial charge in [-0.15, -0.1) is 0 Å². The maximum absolute atomic E-state index is 13.1. The smallest absolute Gasteiger partial charge is 0.309 e. The van der Waals surface area contributed by atoms with Gasteiger partial charge < -0.3 is 19.2 Å². The maximum atomic E-state index is 13.1. The van der Waals surface area contributed by atoms with Crippen molar-refractivity contribution in [1.82, 2.24) is 4.90 Å². The highest BCUT2D eigenvalue weighted by atomic mass is 16.5. The summed E-state index contributed by atoms with van der Waals surface area (Å²) in [5.41, 5.74) is 3.82. The van der Waals surface area contributed by atoms with E-state index in [1.807, 2.05) is 31.7 Å². The molecule has 6 heteroatoms. The lowest BCUT2D eigenvalue weighted by Crippen LogP contribution is -2.43. The van der Waals surface area contributed by atoms with Crippen LogP contribution in [0.4, 0.5) is 0 Å². The average Bonchev–Trinajstić information content (AvgIpc) is 3.30. The molecule has 3 heterocycles. The van der Waals surface area contributed by atoms with Crippen LogP contribution in [0.5, 0.6) is 0 Å². The predicted molar refractivity (Wildman–Crippen MR) is 105 cm³/mol. The predicted octanol–water partition coefficient (Wildman–Crippen LogP) is 3.70. The molecule has 0 radical (unpaired) electrons. The summed E-state index contributed by atoms with van der Waals surface area (Å²) >= 11 is 0. The summed E-state index contributed by atoms with van der Waals surface area (Å²) in [6.45, 7) is 7.68. The maximum Gasteiger partial charge on any atom is 0.309 e. The number of carbonyl (C=O) groups is 2. The van der Waals surface area contributed by atoms with Crippen molar-refractivity contribution in [2.45, 2.75) is 46.1 Å². The van der Waals surface area contributed by atoms with Crippen LogP contribution in [0.2, 0.25) is 0 Å². The number of ether oxygens (including phenoxy) is 1. The molecule has 28 heavy (non-hydrogen) atoms. The molecule has 2 saturated heterocycles. The Balaban J connectivity index is 1.50. The van der Waals surface area contributed by atoms with Gasteiger partial charge in [-0.3, -0.25) is 9.59 Å². The Morgan fingerprint density at radius 3 is 2.39 bits per heavy atom. The van der Waals surface area contributed by atoms with Gasteiger partial charge in [0.05, 0.1) is 12.0 Å². The Morgan fingerprint density at radius 1 is 1.07 bits per heavy atom. The third-order valence-corrected chi connectivity index (χ3v) is 6.42. The minimum atomic E-state index is -0.773. The fraction of sp³-hybridized carbons (Fsp3) is 0.545. The normalized spacial score (nSPS) is 23.5. The molecule has 0 saturated carbocycles. The molecule has 2 aromatic rings. The second kappa shape index (κ2) is 7.24. The summed E-state index contributed by atoms with van der Waals surface area (Å²) < 4.78 is 11.7. The number of nitrogens with zero attached hydrogens (tertiary/aromatic N) is 1. The Morgan fingerprint density at radius 2 is 1.75 bits per heavy atom. The van der Waals surface area contributed by atoms with Crippen LogP contribution < -0.4 is 0 Å². The monoisotopic (exact) mass is 385 g/mol. The number of fused-ring (bicyclic) bond motifs is 1. The van der Waals surface area contributed by atoms with Crippen molar-refractivity contribution in [3.63, 3.8) is 0 Å². The lowest BCUT2D eigenvalue weighted by Gasteiger charge is -2.35. The first-order chi connectivity index (χ1) is 13.4. The molecular formula is C22H27NO5. The minimum absolute atomic E-state index is 0.0759. The lowest BCUT2D eigenvalue weighted by molar-refractivity contribution is -0.145. The molecule has 0 aliphatic carbocycles. The van der Waals surface area contributed by atoms with Gasteiger partial charge in [0, 0.05) is 30.6 Å². The number of piperidine rings is 1. The standard InChI is InChI=1S/C22H27NO5/c1-12-4-5-13(2)18-17(12)14(3)19(28-18)21(24)23-9-6-15(7-10-23)20-16(22(25)26)8-11-27-20/h4-5,15-16,20H,6-11H2,1-3H3,(H,25,26)/t16?,20-/m0/s1. The molecule has 6 nitrogen and oxygen atoms in total.